The van der Waals surface area contributed by atoms with E-state index in [1.54, 1.807) is 4.90 Å². The number of rotatable bonds is 4. The van der Waals surface area contributed by atoms with Gasteiger partial charge in [0.05, 0.1) is 6.10 Å². The first-order valence-corrected chi connectivity index (χ1v) is 6.32. The van der Waals surface area contributed by atoms with Gasteiger partial charge in [-0.25, -0.2) is 0 Å². The molecule has 2 rings (SSSR count). The van der Waals surface area contributed by atoms with Gasteiger partial charge in [-0.15, -0.1) is 0 Å². The third-order valence-electron chi connectivity index (χ3n) is 3.50. The Morgan fingerprint density at radius 3 is 2.83 bits per heavy atom. The first kappa shape index (κ1) is 13.1. The van der Waals surface area contributed by atoms with Gasteiger partial charge >= 0.3 is 0 Å². The lowest BCUT2D eigenvalue weighted by Gasteiger charge is -2.34. The van der Waals surface area contributed by atoms with Gasteiger partial charge in [-0.3, -0.25) is 4.79 Å². The number of benzene rings is 1. The zero-order chi connectivity index (χ0) is 13.1. The number of carbonyl (C=O) groups excluding carboxylic acids is 1. The van der Waals surface area contributed by atoms with E-state index in [0.29, 0.717) is 24.6 Å². The van der Waals surface area contributed by atoms with Crippen LogP contribution in [0, 0.1) is 5.92 Å². The number of nitrogens with zero attached hydrogens (tertiary/aromatic N) is 1. The Kier molecular flexibility index (Phi) is 3.99. The number of hydrogen-bond acceptors (Lipinski definition) is 3. The molecule has 1 fully saturated rings. The number of amides is 1. The van der Waals surface area contributed by atoms with Crippen molar-refractivity contribution in [3.05, 3.63) is 35.4 Å². The largest absolute Gasteiger partial charge is 0.393 e. The highest BCUT2D eigenvalue weighted by Crippen LogP contribution is 2.27. The molecule has 0 spiro atoms. The Hall–Kier alpha value is -1.39. The van der Waals surface area contributed by atoms with Crippen LogP contribution in [0.4, 0.5) is 0 Å². The SMILES string of the molecule is CN(CC1CC(O)C1)C(=O)c1cccc(CN)c1. The van der Waals surface area contributed by atoms with E-state index in [4.69, 9.17) is 5.73 Å². The molecule has 1 saturated carbocycles. The zero-order valence-corrected chi connectivity index (χ0v) is 10.7. The molecule has 0 atom stereocenters. The Morgan fingerprint density at radius 1 is 1.50 bits per heavy atom. The highest BCUT2D eigenvalue weighted by molar-refractivity contribution is 5.94. The molecule has 3 N–H and O–H groups in total. The monoisotopic (exact) mass is 248 g/mol. The molecule has 0 radical (unpaired) electrons. The number of aliphatic hydroxyl groups is 1. The van der Waals surface area contributed by atoms with E-state index in [1.807, 2.05) is 31.3 Å². The minimum absolute atomic E-state index is 0.0201. The van der Waals surface area contributed by atoms with Gasteiger partial charge in [0, 0.05) is 25.7 Å². The number of hydrogen-bond donors (Lipinski definition) is 2. The van der Waals surface area contributed by atoms with Gasteiger partial charge in [0.1, 0.15) is 0 Å². The standard InChI is InChI=1S/C14H20N2O2/c1-16(9-11-6-13(17)7-11)14(18)12-4-2-3-10(5-12)8-15/h2-5,11,13,17H,6-9,15H2,1H3. The average molecular weight is 248 g/mol. The minimum atomic E-state index is -0.168. The predicted molar refractivity (Wildman–Crippen MR) is 70.0 cm³/mol. The van der Waals surface area contributed by atoms with E-state index in [1.165, 1.54) is 0 Å². The Morgan fingerprint density at radius 2 is 2.22 bits per heavy atom. The molecule has 0 bridgehead atoms. The second-order valence-electron chi connectivity index (χ2n) is 5.08. The summed E-state index contributed by atoms with van der Waals surface area (Å²) < 4.78 is 0. The van der Waals surface area contributed by atoms with E-state index in [2.05, 4.69) is 0 Å². The van der Waals surface area contributed by atoms with Crippen LogP contribution in [0.3, 0.4) is 0 Å². The zero-order valence-electron chi connectivity index (χ0n) is 10.7. The topological polar surface area (TPSA) is 66.6 Å². The van der Waals surface area contributed by atoms with Gasteiger partial charge in [0.2, 0.25) is 0 Å². The van der Waals surface area contributed by atoms with Crippen molar-refractivity contribution in [3.8, 4) is 0 Å². The summed E-state index contributed by atoms with van der Waals surface area (Å²) in [5.74, 6) is 0.457. The van der Waals surface area contributed by atoms with Crippen LogP contribution in [-0.4, -0.2) is 35.6 Å². The molecule has 0 unspecified atom stereocenters. The minimum Gasteiger partial charge on any atom is -0.393 e. The number of aliphatic hydroxyl groups excluding tert-OH is 1. The van der Waals surface area contributed by atoms with Crippen LogP contribution >= 0.6 is 0 Å². The summed E-state index contributed by atoms with van der Waals surface area (Å²) in [5.41, 5.74) is 7.22. The highest BCUT2D eigenvalue weighted by Gasteiger charge is 2.29. The summed E-state index contributed by atoms with van der Waals surface area (Å²) in [6.07, 6.45) is 1.44. The molecule has 0 saturated heterocycles. The van der Waals surface area contributed by atoms with Gasteiger partial charge in [-0.2, -0.15) is 0 Å². The lowest BCUT2D eigenvalue weighted by molar-refractivity contribution is 0.0265. The van der Waals surface area contributed by atoms with Gasteiger partial charge in [0.25, 0.3) is 5.91 Å². The smallest absolute Gasteiger partial charge is 0.253 e. The van der Waals surface area contributed by atoms with Crippen molar-refractivity contribution in [2.75, 3.05) is 13.6 Å². The lowest BCUT2D eigenvalue weighted by Crippen LogP contribution is -2.39. The molecule has 18 heavy (non-hydrogen) atoms. The van der Waals surface area contributed by atoms with Crippen molar-refractivity contribution in [2.24, 2.45) is 11.7 Å². The van der Waals surface area contributed by atoms with Gasteiger partial charge in [0.15, 0.2) is 0 Å². The van der Waals surface area contributed by atoms with E-state index in [0.717, 1.165) is 18.4 Å². The van der Waals surface area contributed by atoms with E-state index >= 15 is 0 Å². The van der Waals surface area contributed by atoms with Crippen molar-refractivity contribution in [3.63, 3.8) is 0 Å². The van der Waals surface area contributed by atoms with Crippen molar-refractivity contribution in [1.82, 2.24) is 4.90 Å². The third kappa shape index (κ3) is 2.89. The van der Waals surface area contributed by atoms with Crippen molar-refractivity contribution in [1.29, 1.82) is 0 Å². The number of nitrogens with two attached hydrogens (primary N) is 1. The molecule has 1 aliphatic rings. The van der Waals surface area contributed by atoms with Crippen LogP contribution in [-0.2, 0) is 6.54 Å². The first-order chi connectivity index (χ1) is 8.60. The molecule has 0 aliphatic heterocycles. The second kappa shape index (κ2) is 5.50. The fraction of sp³-hybridized carbons (Fsp3) is 0.500. The summed E-state index contributed by atoms with van der Waals surface area (Å²) in [6, 6.07) is 7.43. The molecule has 4 nitrogen and oxygen atoms in total. The van der Waals surface area contributed by atoms with E-state index < -0.39 is 0 Å². The predicted octanol–water partition coefficient (Wildman–Crippen LogP) is 0.988. The van der Waals surface area contributed by atoms with Gasteiger partial charge in [-0.1, -0.05) is 12.1 Å². The summed E-state index contributed by atoms with van der Waals surface area (Å²) in [4.78, 5) is 13.9. The molecule has 1 aliphatic carbocycles. The Bertz CT molecular complexity index is 428. The molecule has 0 heterocycles. The van der Waals surface area contributed by atoms with Crippen LogP contribution in [0.25, 0.3) is 0 Å². The van der Waals surface area contributed by atoms with Gasteiger partial charge in [-0.05, 0) is 36.5 Å². The maximum Gasteiger partial charge on any atom is 0.253 e. The fourth-order valence-corrected chi connectivity index (χ4v) is 2.37. The van der Waals surface area contributed by atoms with Crippen LogP contribution in [0.15, 0.2) is 24.3 Å². The molecule has 1 aromatic carbocycles. The van der Waals surface area contributed by atoms with Crippen LogP contribution < -0.4 is 5.73 Å². The fourth-order valence-electron chi connectivity index (χ4n) is 2.37. The number of carbonyl (C=O) groups is 1. The maximum atomic E-state index is 12.2. The van der Waals surface area contributed by atoms with Crippen molar-refractivity contribution in [2.45, 2.75) is 25.5 Å². The molecule has 1 amide bonds. The molecular weight excluding hydrogens is 228 g/mol. The third-order valence-corrected chi connectivity index (χ3v) is 3.50. The van der Waals surface area contributed by atoms with Crippen molar-refractivity contribution >= 4 is 5.91 Å². The molecule has 1 aromatic rings. The normalized spacial score (nSPS) is 22.4. The summed E-state index contributed by atoms with van der Waals surface area (Å²) >= 11 is 0. The van der Waals surface area contributed by atoms with E-state index in [9.17, 15) is 9.90 Å². The maximum absolute atomic E-state index is 12.2. The molecule has 4 heteroatoms. The summed E-state index contributed by atoms with van der Waals surface area (Å²) in [5, 5.41) is 9.24. The Labute approximate surface area is 107 Å². The quantitative estimate of drug-likeness (QED) is 0.835. The first-order valence-electron chi connectivity index (χ1n) is 6.32. The van der Waals surface area contributed by atoms with Gasteiger partial charge < -0.3 is 15.7 Å². The Balaban J connectivity index is 1.96. The van der Waals surface area contributed by atoms with Crippen LogP contribution in [0.2, 0.25) is 0 Å². The summed E-state index contributed by atoms with van der Waals surface area (Å²) in [7, 11) is 1.81. The lowest BCUT2D eigenvalue weighted by atomic mass is 9.82. The van der Waals surface area contributed by atoms with Crippen LogP contribution in [0.5, 0.6) is 0 Å². The summed E-state index contributed by atoms with van der Waals surface area (Å²) in [6.45, 7) is 1.16. The molecule has 98 valence electrons. The molecular formula is C14H20N2O2. The highest BCUT2D eigenvalue weighted by atomic mass is 16.3. The molecule has 0 aromatic heterocycles. The van der Waals surface area contributed by atoms with E-state index in [-0.39, 0.29) is 12.0 Å². The van der Waals surface area contributed by atoms with Crippen LogP contribution in [0.1, 0.15) is 28.8 Å². The average Bonchev–Trinajstić information content (AvgIpc) is 2.36. The van der Waals surface area contributed by atoms with Crippen molar-refractivity contribution < 1.29 is 9.90 Å². The second-order valence-corrected chi connectivity index (χ2v) is 5.08.